The Bertz CT molecular complexity index is 2640. The Morgan fingerprint density at radius 2 is 0.633 bits per heavy atom. The smallest absolute Gasteiger partial charge is 0.246 e. The largest absolute Gasteiger partial charge is 0.508 e. The number of amides is 6. The standard InChI is InChI=1S/C61H73N9O9/c62-31-4-1-16-52(68-55(74)37-40-10-7-13-49(71)34-40)59(77)65-46-25-19-43(20-26-46)58(44-21-27-47(28-22-44)66-60(78)53(17-2-5-32-63)69-56(75)38-41-11-8-14-50(72)35-41)45-23-29-48(30-24-45)67-61(79)54(18-3-6-33-64)70-57(76)39-42-12-9-15-51(73)36-42/h7-15,19-30,34-36,52-54,58,71-73H,1-6,16-18,31-33,37-39,62-64H2,(H,65,77)(H,66,78)(H,67,79)(H,68,74)(H,69,75)(H,70,76)/t52-,53-,54+/m0/s1. The number of benzene rings is 6. The summed E-state index contributed by atoms with van der Waals surface area (Å²) in [6.45, 7) is 1.30. The fourth-order valence-corrected chi connectivity index (χ4v) is 9.12. The molecule has 0 saturated carbocycles. The van der Waals surface area contributed by atoms with Gasteiger partial charge < -0.3 is 64.4 Å². The molecule has 0 aliphatic carbocycles. The summed E-state index contributed by atoms with van der Waals surface area (Å²) in [5.41, 5.74) is 23.0. The maximum Gasteiger partial charge on any atom is 0.246 e. The molecule has 6 rings (SSSR count). The third kappa shape index (κ3) is 19.7. The second-order valence-electron chi connectivity index (χ2n) is 19.5. The number of hydrogen-bond donors (Lipinski definition) is 12. The fourth-order valence-electron chi connectivity index (χ4n) is 9.12. The number of carbonyl (C=O) groups is 6. The van der Waals surface area contributed by atoms with Crippen LogP contribution >= 0.6 is 0 Å². The van der Waals surface area contributed by atoms with Crippen LogP contribution in [-0.2, 0) is 48.0 Å². The lowest BCUT2D eigenvalue weighted by Crippen LogP contribution is -2.44. The van der Waals surface area contributed by atoms with Crippen molar-refractivity contribution in [3.63, 3.8) is 0 Å². The van der Waals surface area contributed by atoms with E-state index in [2.05, 4.69) is 31.9 Å². The Balaban J connectivity index is 1.22. The maximum atomic E-state index is 13.8. The molecule has 0 bridgehead atoms. The molecule has 18 nitrogen and oxygen atoms in total. The van der Waals surface area contributed by atoms with Crippen LogP contribution in [0.3, 0.4) is 0 Å². The quantitative estimate of drug-likeness (QED) is 0.0173. The number of aromatic hydroxyl groups is 3. The molecule has 0 radical (unpaired) electrons. The molecule has 0 spiro atoms. The number of rotatable bonds is 30. The molecule has 79 heavy (non-hydrogen) atoms. The first kappa shape index (κ1) is 59.7. The van der Waals surface area contributed by atoms with Crippen molar-refractivity contribution in [2.24, 2.45) is 17.2 Å². The van der Waals surface area contributed by atoms with Crippen LogP contribution < -0.4 is 49.1 Å². The van der Waals surface area contributed by atoms with E-state index >= 15 is 0 Å². The van der Waals surface area contributed by atoms with E-state index < -0.39 is 41.8 Å². The van der Waals surface area contributed by atoms with Crippen molar-refractivity contribution in [1.82, 2.24) is 16.0 Å². The number of anilines is 3. The number of phenols is 3. The Kier molecular flexibility index (Phi) is 23.4. The van der Waals surface area contributed by atoms with Crippen LogP contribution in [0, 0.1) is 0 Å². The van der Waals surface area contributed by atoms with Crippen molar-refractivity contribution in [3.8, 4) is 17.2 Å². The number of hydrogen-bond acceptors (Lipinski definition) is 12. The molecule has 6 amide bonds. The average Bonchev–Trinajstić information content (AvgIpc) is 3.46. The summed E-state index contributed by atoms with van der Waals surface area (Å²) >= 11 is 0. The zero-order valence-corrected chi connectivity index (χ0v) is 44.3. The topological polar surface area (TPSA) is 313 Å². The predicted molar refractivity (Wildman–Crippen MR) is 306 cm³/mol. The highest BCUT2D eigenvalue weighted by Gasteiger charge is 2.25. The molecule has 0 unspecified atom stereocenters. The Labute approximate surface area is 461 Å². The lowest BCUT2D eigenvalue weighted by molar-refractivity contribution is -0.126. The van der Waals surface area contributed by atoms with Gasteiger partial charge in [-0.3, -0.25) is 28.8 Å². The van der Waals surface area contributed by atoms with E-state index in [0.717, 1.165) is 16.7 Å². The number of unbranched alkanes of at least 4 members (excludes halogenated alkanes) is 3. The summed E-state index contributed by atoms with van der Waals surface area (Å²) in [4.78, 5) is 80.8. The SMILES string of the molecule is NCCCC[C@H](NC(=O)Cc1cccc(O)c1)C(=O)Nc1ccc(C(c2ccc(NC(=O)[C@H](CCCCN)NC(=O)Cc3cccc(O)c3)cc2)c2ccc(NC(=O)[C@@H](CCCCN)NC(=O)Cc3cccc(O)c3)cc2)cc1. The van der Waals surface area contributed by atoms with Gasteiger partial charge in [-0.25, -0.2) is 0 Å². The lowest BCUT2D eigenvalue weighted by atomic mass is 9.85. The van der Waals surface area contributed by atoms with Gasteiger partial charge in [0.15, 0.2) is 0 Å². The molecule has 0 fully saturated rings. The monoisotopic (exact) mass is 1080 g/mol. The van der Waals surface area contributed by atoms with E-state index in [-0.39, 0.29) is 54.2 Å². The van der Waals surface area contributed by atoms with Gasteiger partial charge in [0.05, 0.1) is 19.3 Å². The fraction of sp³-hybridized carbons (Fsp3) is 0.311. The van der Waals surface area contributed by atoms with Crippen molar-refractivity contribution in [3.05, 3.63) is 179 Å². The van der Waals surface area contributed by atoms with Gasteiger partial charge in [0.2, 0.25) is 35.4 Å². The molecular weight excluding hydrogens is 1000 g/mol. The molecule has 0 saturated heterocycles. The first-order valence-corrected chi connectivity index (χ1v) is 26.7. The van der Waals surface area contributed by atoms with Crippen molar-refractivity contribution in [2.75, 3.05) is 35.6 Å². The van der Waals surface area contributed by atoms with Crippen molar-refractivity contribution < 1.29 is 44.1 Å². The maximum absolute atomic E-state index is 13.8. The molecule has 0 aliphatic rings. The van der Waals surface area contributed by atoms with E-state index in [1.165, 1.54) is 36.4 Å². The second kappa shape index (κ2) is 31.0. The minimum absolute atomic E-state index is 0.0289. The number of nitrogens with two attached hydrogens (primary N) is 3. The molecule has 18 heteroatoms. The molecule has 3 atom stereocenters. The highest BCUT2D eigenvalue weighted by Crippen LogP contribution is 2.34. The van der Waals surface area contributed by atoms with Crippen LogP contribution in [0.4, 0.5) is 17.1 Å². The number of nitrogens with one attached hydrogen (secondary N) is 6. The van der Waals surface area contributed by atoms with Crippen LogP contribution in [0.1, 0.15) is 97.1 Å². The third-order valence-corrected chi connectivity index (χ3v) is 13.2. The van der Waals surface area contributed by atoms with Crippen LogP contribution in [0.5, 0.6) is 17.2 Å². The van der Waals surface area contributed by atoms with Gasteiger partial charge in [0.25, 0.3) is 0 Å². The van der Waals surface area contributed by atoms with Gasteiger partial charge in [-0.05, 0) is 184 Å². The van der Waals surface area contributed by atoms with Crippen molar-refractivity contribution >= 4 is 52.5 Å². The lowest BCUT2D eigenvalue weighted by Gasteiger charge is -2.22. The van der Waals surface area contributed by atoms with Gasteiger partial charge in [0.1, 0.15) is 35.4 Å². The normalized spacial score (nSPS) is 12.2. The summed E-state index contributed by atoms with van der Waals surface area (Å²) in [6.07, 6.45) is 4.79. The molecule has 15 N–H and O–H groups in total. The summed E-state index contributed by atoms with van der Waals surface area (Å²) in [5.74, 6) is -2.66. The zero-order valence-electron chi connectivity index (χ0n) is 44.3. The molecule has 416 valence electrons. The van der Waals surface area contributed by atoms with E-state index in [0.29, 0.717) is 111 Å². The van der Waals surface area contributed by atoms with Gasteiger partial charge >= 0.3 is 0 Å². The first-order valence-electron chi connectivity index (χ1n) is 26.7. The van der Waals surface area contributed by atoms with E-state index in [1.54, 1.807) is 72.8 Å². The van der Waals surface area contributed by atoms with Gasteiger partial charge in [-0.2, -0.15) is 0 Å². The van der Waals surface area contributed by atoms with Crippen LogP contribution in [0.2, 0.25) is 0 Å². The van der Waals surface area contributed by atoms with Gasteiger partial charge in [-0.1, -0.05) is 72.8 Å². The van der Waals surface area contributed by atoms with Crippen LogP contribution in [-0.4, -0.2) is 88.5 Å². The van der Waals surface area contributed by atoms with Gasteiger partial charge in [-0.15, -0.1) is 0 Å². The molecule has 6 aromatic carbocycles. The molecule has 0 aliphatic heterocycles. The van der Waals surface area contributed by atoms with Gasteiger partial charge in [0, 0.05) is 23.0 Å². The highest BCUT2D eigenvalue weighted by molar-refractivity contribution is 5.99. The Morgan fingerprint density at radius 1 is 0.367 bits per heavy atom. The first-order chi connectivity index (χ1) is 38.2. The average molecular weight is 1080 g/mol. The molecule has 0 aromatic heterocycles. The number of phenolic OH excluding ortho intramolecular Hbond substituents is 3. The summed E-state index contributed by atoms with van der Waals surface area (Å²) in [7, 11) is 0. The third-order valence-electron chi connectivity index (χ3n) is 13.2. The predicted octanol–water partition coefficient (Wildman–Crippen LogP) is 6.37. The summed E-state index contributed by atoms with van der Waals surface area (Å²) in [6, 6.07) is 38.5. The Morgan fingerprint density at radius 3 is 0.873 bits per heavy atom. The molecule has 6 aromatic rings. The van der Waals surface area contributed by atoms with Crippen LogP contribution in [0.15, 0.2) is 146 Å². The van der Waals surface area contributed by atoms with E-state index in [1.807, 2.05) is 36.4 Å². The summed E-state index contributed by atoms with van der Waals surface area (Å²) < 4.78 is 0. The summed E-state index contributed by atoms with van der Waals surface area (Å²) in [5, 5.41) is 47.1. The van der Waals surface area contributed by atoms with Crippen molar-refractivity contribution in [1.29, 1.82) is 0 Å². The second-order valence-corrected chi connectivity index (χ2v) is 19.5. The van der Waals surface area contributed by atoms with E-state index in [9.17, 15) is 44.1 Å². The number of carbonyl (C=O) groups excluding carboxylic acids is 6. The minimum Gasteiger partial charge on any atom is -0.508 e. The highest BCUT2D eigenvalue weighted by atomic mass is 16.3. The molecular formula is C61H73N9O9. The zero-order chi connectivity index (χ0) is 56.5. The van der Waals surface area contributed by atoms with Crippen molar-refractivity contribution in [2.45, 2.75) is 101 Å². The van der Waals surface area contributed by atoms with E-state index in [4.69, 9.17) is 17.2 Å². The van der Waals surface area contributed by atoms with Crippen LogP contribution in [0.25, 0.3) is 0 Å². The minimum atomic E-state index is -0.855. The Hall–Kier alpha value is -8.58. The molecule has 0 heterocycles.